The van der Waals surface area contributed by atoms with Crippen LogP contribution >= 0.6 is 35.1 Å². The van der Waals surface area contributed by atoms with Crippen LogP contribution in [0.3, 0.4) is 0 Å². The highest BCUT2D eigenvalue weighted by molar-refractivity contribution is 8.40. The second kappa shape index (κ2) is 8.22. The van der Waals surface area contributed by atoms with Crippen molar-refractivity contribution in [2.45, 2.75) is 11.4 Å². The van der Waals surface area contributed by atoms with Crippen molar-refractivity contribution in [2.75, 3.05) is 12.5 Å². The largest absolute Gasteiger partial charge is 0.285 e. The number of sulfone groups is 1. The first-order chi connectivity index (χ1) is 14.2. The molecule has 154 valence electrons. The summed E-state index contributed by atoms with van der Waals surface area (Å²) in [6, 6.07) is 10.5. The summed E-state index contributed by atoms with van der Waals surface area (Å²) in [6.45, 7) is 0.409. The monoisotopic (exact) mass is 477 g/mol. The zero-order valence-corrected chi connectivity index (χ0v) is 19.2. The zero-order chi connectivity index (χ0) is 21.5. The number of carbonyl (C=O) groups is 1. The molecule has 1 aliphatic heterocycles. The Bertz CT molecular complexity index is 1340. The van der Waals surface area contributed by atoms with E-state index < -0.39 is 9.84 Å². The van der Waals surface area contributed by atoms with Gasteiger partial charge in [0.2, 0.25) is 0 Å². The number of rotatable bonds is 4. The van der Waals surface area contributed by atoms with Gasteiger partial charge in [-0.05, 0) is 47.7 Å². The van der Waals surface area contributed by atoms with Gasteiger partial charge in [-0.3, -0.25) is 9.48 Å². The molecule has 1 amide bonds. The maximum atomic E-state index is 12.0. The summed E-state index contributed by atoms with van der Waals surface area (Å²) in [5.74, 6) is -0.215. The topological polar surface area (TPSA) is 81.4 Å². The number of halogens is 1. The van der Waals surface area contributed by atoms with Gasteiger partial charge in [-0.1, -0.05) is 35.5 Å². The Morgan fingerprint density at radius 3 is 2.70 bits per heavy atom. The van der Waals surface area contributed by atoms with Crippen LogP contribution in [0.5, 0.6) is 0 Å². The summed E-state index contributed by atoms with van der Waals surface area (Å²) in [5, 5.41) is 5.74. The highest BCUT2D eigenvalue weighted by Crippen LogP contribution is 2.33. The molecule has 10 heteroatoms. The number of hydrogen-bond acceptors (Lipinski definition) is 6. The third-order valence-electron chi connectivity index (χ3n) is 4.51. The Morgan fingerprint density at radius 1 is 1.23 bits per heavy atom. The van der Waals surface area contributed by atoms with Crippen molar-refractivity contribution < 1.29 is 13.2 Å². The molecule has 0 saturated carbocycles. The van der Waals surface area contributed by atoms with Gasteiger partial charge in [-0.15, -0.1) is 11.8 Å². The number of nitrogens with zero attached hydrogens (tertiary/aromatic N) is 3. The third-order valence-corrected chi connectivity index (χ3v) is 7.94. The van der Waals surface area contributed by atoms with Crippen molar-refractivity contribution in [3.8, 4) is 0 Å². The van der Waals surface area contributed by atoms with Crippen LogP contribution < -0.4 is 0 Å². The first-order valence-corrected chi connectivity index (χ1v) is 13.1. The Morgan fingerprint density at radius 2 is 2.03 bits per heavy atom. The minimum atomic E-state index is -3.31. The molecule has 1 aliphatic rings. The number of aliphatic imine (C=N–C) groups is 1. The van der Waals surface area contributed by atoms with Crippen molar-refractivity contribution in [1.82, 2.24) is 9.78 Å². The quantitative estimate of drug-likeness (QED) is 0.515. The molecule has 0 aliphatic carbocycles. The second-order valence-electron chi connectivity index (χ2n) is 6.64. The first kappa shape index (κ1) is 21.2. The van der Waals surface area contributed by atoms with E-state index in [-0.39, 0.29) is 10.8 Å². The van der Waals surface area contributed by atoms with E-state index in [9.17, 15) is 13.2 Å². The van der Waals surface area contributed by atoms with Gasteiger partial charge in [0.25, 0.3) is 5.91 Å². The smallest absolute Gasteiger partial charge is 0.266 e. The van der Waals surface area contributed by atoms with Gasteiger partial charge < -0.3 is 0 Å². The average molecular weight is 478 g/mol. The molecular weight excluding hydrogens is 462 g/mol. The van der Waals surface area contributed by atoms with E-state index in [1.54, 1.807) is 23.0 Å². The van der Waals surface area contributed by atoms with Crippen molar-refractivity contribution >= 4 is 72.2 Å². The molecule has 0 atom stereocenters. The van der Waals surface area contributed by atoms with Gasteiger partial charge in [0.1, 0.15) is 4.38 Å². The summed E-state index contributed by atoms with van der Waals surface area (Å²) in [4.78, 5) is 16.8. The molecule has 0 N–H and O–H groups in total. The summed E-state index contributed by atoms with van der Waals surface area (Å²) in [5.41, 5.74) is 2.58. The normalized spacial score (nSPS) is 15.9. The molecule has 0 radical (unpaired) electrons. The fourth-order valence-electron chi connectivity index (χ4n) is 3.00. The lowest BCUT2D eigenvalue weighted by molar-refractivity contribution is -0.113. The second-order valence-corrected chi connectivity index (χ2v) is 11.2. The van der Waals surface area contributed by atoms with Gasteiger partial charge in [0.05, 0.1) is 28.1 Å². The SMILES string of the molecule is CSC1=NC(=O)/C(=C/c2ccc3c(cnn3Cc3ccc(S(C)(=O)=O)cc3Cl)c2)S1. The summed E-state index contributed by atoms with van der Waals surface area (Å²) < 4.78 is 25.9. The lowest BCUT2D eigenvalue weighted by Crippen LogP contribution is -2.03. The number of benzene rings is 2. The van der Waals surface area contributed by atoms with Crippen LogP contribution in [0.1, 0.15) is 11.1 Å². The van der Waals surface area contributed by atoms with Crippen LogP contribution in [0, 0.1) is 0 Å². The Kier molecular flexibility index (Phi) is 5.80. The number of fused-ring (bicyclic) bond motifs is 1. The Labute approximate surface area is 187 Å². The molecule has 4 rings (SSSR count). The molecule has 0 spiro atoms. The van der Waals surface area contributed by atoms with E-state index in [4.69, 9.17) is 11.6 Å². The van der Waals surface area contributed by atoms with Gasteiger partial charge in [-0.25, -0.2) is 8.42 Å². The molecule has 0 fully saturated rings. The van der Waals surface area contributed by atoms with Crippen LogP contribution in [0.4, 0.5) is 0 Å². The number of amides is 1. The standard InChI is InChI=1S/C20H16ClN3O3S3/c1-28-20-23-19(25)18(29-20)8-12-3-6-17-14(7-12)10-22-24(17)11-13-4-5-15(9-16(13)21)30(2,26)27/h3-10H,11H2,1-2H3/b18-8-. The van der Waals surface area contributed by atoms with E-state index in [0.29, 0.717) is 16.5 Å². The molecular formula is C20H16ClN3O3S3. The van der Waals surface area contributed by atoms with Crippen LogP contribution in [-0.2, 0) is 21.2 Å². The number of carbonyl (C=O) groups excluding carboxylic acids is 1. The lowest BCUT2D eigenvalue weighted by Gasteiger charge is -2.08. The number of thioether (sulfide) groups is 2. The zero-order valence-electron chi connectivity index (χ0n) is 16.0. The highest BCUT2D eigenvalue weighted by atomic mass is 35.5. The van der Waals surface area contributed by atoms with Crippen molar-refractivity contribution in [3.63, 3.8) is 0 Å². The Balaban J connectivity index is 1.60. The van der Waals surface area contributed by atoms with E-state index >= 15 is 0 Å². The maximum Gasteiger partial charge on any atom is 0.285 e. The highest BCUT2D eigenvalue weighted by Gasteiger charge is 2.21. The van der Waals surface area contributed by atoms with E-state index in [1.807, 2.05) is 30.5 Å². The first-order valence-electron chi connectivity index (χ1n) is 8.75. The van der Waals surface area contributed by atoms with E-state index in [0.717, 1.165) is 32.7 Å². The number of hydrogen-bond donors (Lipinski definition) is 0. The molecule has 1 aromatic heterocycles. The average Bonchev–Trinajstić information content (AvgIpc) is 3.25. The molecule has 3 aromatic rings. The van der Waals surface area contributed by atoms with Gasteiger partial charge >= 0.3 is 0 Å². The molecule has 2 heterocycles. The predicted octanol–water partition coefficient (Wildman–Crippen LogP) is 4.47. The minimum Gasteiger partial charge on any atom is -0.266 e. The molecule has 6 nitrogen and oxygen atoms in total. The van der Waals surface area contributed by atoms with Crippen molar-refractivity contribution in [3.05, 3.63) is 63.6 Å². The van der Waals surface area contributed by atoms with Gasteiger partial charge in [-0.2, -0.15) is 10.1 Å². The van der Waals surface area contributed by atoms with Crippen LogP contribution in [0.25, 0.3) is 17.0 Å². The van der Waals surface area contributed by atoms with E-state index in [2.05, 4.69) is 10.1 Å². The Hall–Kier alpha value is -2.07. The third kappa shape index (κ3) is 4.34. The minimum absolute atomic E-state index is 0.187. The molecule has 0 bridgehead atoms. The summed E-state index contributed by atoms with van der Waals surface area (Å²) in [7, 11) is -3.31. The lowest BCUT2D eigenvalue weighted by atomic mass is 10.1. The van der Waals surface area contributed by atoms with Crippen molar-refractivity contribution in [1.29, 1.82) is 0 Å². The van der Waals surface area contributed by atoms with Gasteiger partial charge in [0, 0.05) is 16.7 Å². The van der Waals surface area contributed by atoms with Crippen LogP contribution in [0.2, 0.25) is 5.02 Å². The van der Waals surface area contributed by atoms with E-state index in [1.165, 1.54) is 29.6 Å². The van der Waals surface area contributed by atoms with Crippen LogP contribution in [0.15, 0.2) is 57.4 Å². The van der Waals surface area contributed by atoms with Crippen LogP contribution in [-0.4, -0.2) is 41.0 Å². The summed E-state index contributed by atoms with van der Waals surface area (Å²) >= 11 is 9.13. The number of aromatic nitrogens is 2. The fraction of sp³-hybridized carbons (Fsp3) is 0.150. The summed E-state index contributed by atoms with van der Waals surface area (Å²) in [6.07, 6.45) is 6.63. The molecule has 0 unspecified atom stereocenters. The predicted molar refractivity (Wildman–Crippen MR) is 125 cm³/mol. The molecule has 30 heavy (non-hydrogen) atoms. The molecule has 2 aromatic carbocycles. The molecule has 0 saturated heterocycles. The van der Waals surface area contributed by atoms with Crippen molar-refractivity contribution in [2.24, 2.45) is 4.99 Å². The van der Waals surface area contributed by atoms with Gasteiger partial charge in [0.15, 0.2) is 9.84 Å². The maximum absolute atomic E-state index is 12.0. The fourth-order valence-corrected chi connectivity index (χ4v) is 5.37.